The SMILES string of the molecule is C[C@H](C#Cc1ccc(-c2ccc(C3CC(NS(C)(=O)=O)C3)cc2)cc1)n1ccnc1[C@@](C)(O)[Si]. The van der Waals surface area contributed by atoms with Crippen molar-refractivity contribution < 1.29 is 13.5 Å². The van der Waals surface area contributed by atoms with Gasteiger partial charge in [0.05, 0.1) is 22.5 Å². The van der Waals surface area contributed by atoms with Crippen LogP contribution in [-0.4, -0.2) is 45.6 Å². The standard InChI is InChI=1S/C26H28N3O3SSi/c1-18(29-15-14-27-25(29)26(2,30)34)4-5-19-6-8-20(9-7-19)21-10-12-22(13-11-21)23-16-24(17-23)28-33(3,31)32/h6-15,18,23-24,28,30H,16-17H2,1-3H3/t18-,23?,24?,26+/m1/s1. The van der Waals surface area contributed by atoms with E-state index < -0.39 is 15.2 Å². The molecular formula is C26H28N3O3SSi. The Labute approximate surface area is 204 Å². The Kier molecular flexibility index (Phi) is 6.83. The normalized spacial score (nSPS) is 20.5. The highest BCUT2D eigenvalue weighted by Gasteiger charge is 2.32. The molecule has 0 aliphatic heterocycles. The maximum absolute atomic E-state index is 11.3. The van der Waals surface area contributed by atoms with E-state index in [2.05, 4.69) is 68.2 Å². The molecular weight excluding hydrogens is 462 g/mol. The second kappa shape index (κ2) is 9.51. The average molecular weight is 491 g/mol. The van der Waals surface area contributed by atoms with Crippen LogP contribution < -0.4 is 4.72 Å². The van der Waals surface area contributed by atoms with Crippen LogP contribution in [0.15, 0.2) is 60.9 Å². The molecule has 1 aromatic heterocycles. The summed E-state index contributed by atoms with van der Waals surface area (Å²) in [5.41, 5.74) is 4.40. The summed E-state index contributed by atoms with van der Waals surface area (Å²) in [6, 6.07) is 16.5. The number of imidazole rings is 1. The van der Waals surface area contributed by atoms with Gasteiger partial charge in [-0.3, -0.25) is 0 Å². The maximum atomic E-state index is 11.3. The fourth-order valence-corrected chi connectivity index (χ4v) is 5.23. The van der Waals surface area contributed by atoms with Gasteiger partial charge in [-0.05, 0) is 61.4 Å². The van der Waals surface area contributed by atoms with Gasteiger partial charge in [-0.15, -0.1) is 0 Å². The van der Waals surface area contributed by atoms with E-state index in [-0.39, 0.29) is 12.1 Å². The minimum atomic E-state index is -3.14. The molecule has 0 amide bonds. The van der Waals surface area contributed by atoms with Gasteiger partial charge in [0.2, 0.25) is 10.0 Å². The van der Waals surface area contributed by atoms with Crippen LogP contribution in [0.2, 0.25) is 0 Å². The first-order valence-corrected chi connectivity index (χ1v) is 13.6. The van der Waals surface area contributed by atoms with E-state index in [9.17, 15) is 13.5 Å². The molecule has 2 N–H and O–H groups in total. The molecule has 4 rings (SSSR count). The average Bonchev–Trinajstić information content (AvgIpc) is 3.25. The van der Waals surface area contributed by atoms with Gasteiger partial charge in [0.25, 0.3) is 0 Å². The fourth-order valence-electron chi connectivity index (χ4n) is 4.24. The van der Waals surface area contributed by atoms with Crippen molar-refractivity contribution in [1.29, 1.82) is 0 Å². The summed E-state index contributed by atoms with van der Waals surface area (Å²) in [5.74, 6) is 7.33. The van der Waals surface area contributed by atoms with Crippen molar-refractivity contribution in [2.24, 2.45) is 0 Å². The first-order chi connectivity index (χ1) is 16.0. The Bertz CT molecular complexity index is 1310. The van der Waals surface area contributed by atoms with Gasteiger partial charge >= 0.3 is 0 Å². The molecule has 3 aromatic rings. The highest BCUT2D eigenvalue weighted by molar-refractivity contribution is 7.88. The predicted molar refractivity (Wildman–Crippen MR) is 135 cm³/mol. The molecule has 3 radical (unpaired) electrons. The van der Waals surface area contributed by atoms with Crippen LogP contribution in [0, 0.1) is 11.8 Å². The summed E-state index contributed by atoms with van der Waals surface area (Å²) in [4.78, 5) is 4.22. The summed E-state index contributed by atoms with van der Waals surface area (Å²) in [6.45, 7) is 3.60. The maximum Gasteiger partial charge on any atom is 0.208 e. The Morgan fingerprint density at radius 2 is 1.74 bits per heavy atom. The monoisotopic (exact) mass is 490 g/mol. The van der Waals surface area contributed by atoms with E-state index in [1.54, 1.807) is 13.1 Å². The smallest absolute Gasteiger partial charge is 0.208 e. The molecule has 1 heterocycles. The molecule has 0 spiro atoms. The van der Waals surface area contributed by atoms with Crippen LogP contribution in [0.25, 0.3) is 11.1 Å². The van der Waals surface area contributed by atoms with Crippen molar-refractivity contribution in [2.45, 2.75) is 49.9 Å². The Hall–Kier alpha value is -2.70. The van der Waals surface area contributed by atoms with E-state index >= 15 is 0 Å². The minimum Gasteiger partial charge on any atom is -0.387 e. The number of rotatable bonds is 6. The molecule has 1 aliphatic rings. The molecule has 0 bridgehead atoms. The molecule has 2 atom stereocenters. The van der Waals surface area contributed by atoms with Gasteiger partial charge in [-0.2, -0.15) is 0 Å². The van der Waals surface area contributed by atoms with Gasteiger partial charge in [-0.1, -0.05) is 48.2 Å². The van der Waals surface area contributed by atoms with Gasteiger partial charge in [0, 0.05) is 24.0 Å². The van der Waals surface area contributed by atoms with E-state index in [4.69, 9.17) is 0 Å². The quantitative estimate of drug-likeness (QED) is 0.410. The Morgan fingerprint density at radius 1 is 1.15 bits per heavy atom. The number of hydrogen-bond acceptors (Lipinski definition) is 4. The number of nitrogens with zero attached hydrogens (tertiary/aromatic N) is 2. The molecule has 0 unspecified atom stereocenters. The van der Waals surface area contributed by atoms with E-state index in [1.165, 1.54) is 11.8 Å². The number of nitrogens with one attached hydrogen (secondary N) is 1. The van der Waals surface area contributed by atoms with Crippen LogP contribution in [0.4, 0.5) is 0 Å². The zero-order chi connectivity index (χ0) is 24.5. The zero-order valence-corrected chi connectivity index (χ0v) is 21.3. The van der Waals surface area contributed by atoms with E-state index in [0.717, 1.165) is 29.5 Å². The summed E-state index contributed by atoms with van der Waals surface area (Å²) in [5, 5.41) is 8.99. The van der Waals surface area contributed by atoms with Crippen molar-refractivity contribution >= 4 is 20.3 Å². The third kappa shape index (κ3) is 5.86. The molecule has 2 aromatic carbocycles. The summed E-state index contributed by atoms with van der Waals surface area (Å²) in [6.07, 6.45) is 6.34. The molecule has 1 saturated carbocycles. The molecule has 1 aliphatic carbocycles. The first-order valence-electron chi connectivity index (χ1n) is 11.2. The lowest BCUT2D eigenvalue weighted by Gasteiger charge is -2.35. The van der Waals surface area contributed by atoms with Gasteiger partial charge in [0.1, 0.15) is 11.0 Å². The van der Waals surface area contributed by atoms with Gasteiger partial charge in [-0.25, -0.2) is 18.1 Å². The Balaban J connectivity index is 1.39. The van der Waals surface area contributed by atoms with Crippen molar-refractivity contribution in [1.82, 2.24) is 14.3 Å². The van der Waals surface area contributed by atoms with E-state index in [1.807, 2.05) is 29.8 Å². The van der Waals surface area contributed by atoms with Crippen molar-refractivity contribution in [3.8, 4) is 23.0 Å². The number of aliphatic hydroxyl groups is 1. The third-order valence-corrected chi connectivity index (χ3v) is 7.05. The number of sulfonamides is 1. The summed E-state index contributed by atoms with van der Waals surface area (Å²) in [7, 11) is 0.159. The highest BCUT2D eigenvalue weighted by Crippen LogP contribution is 2.37. The summed E-state index contributed by atoms with van der Waals surface area (Å²) < 4.78 is 27.2. The zero-order valence-electron chi connectivity index (χ0n) is 19.5. The first kappa shape index (κ1) is 24.4. The fraction of sp³-hybridized carbons (Fsp3) is 0.346. The molecule has 0 saturated heterocycles. The lowest BCUT2D eigenvalue weighted by Crippen LogP contribution is -2.42. The minimum absolute atomic E-state index is 0.0453. The number of hydrogen-bond donors (Lipinski definition) is 2. The lowest BCUT2D eigenvalue weighted by molar-refractivity contribution is 0.134. The third-order valence-electron chi connectivity index (χ3n) is 6.07. The Morgan fingerprint density at radius 3 is 2.29 bits per heavy atom. The molecule has 1 fully saturated rings. The second-order valence-electron chi connectivity index (χ2n) is 9.13. The largest absolute Gasteiger partial charge is 0.387 e. The van der Waals surface area contributed by atoms with Crippen LogP contribution >= 0.6 is 0 Å². The van der Waals surface area contributed by atoms with Crippen LogP contribution in [0.5, 0.6) is 0 Å². The summed E-state index contributed by atoms with van der Waals surface area (Å²) >= 11 is 0. The molecule has 175 valence electrons. The van der Waals surface area contributed by atoms with Gasteiger partial charge < -0.3 is 9.67 Å². The number of benzene rings is 2. The topological polar surface area (TPSA) is 84.2 Å². The van der Waals surface area contributed by atoms with Crippen molar-refractivity contribution in [3.05, 3.63) is 77.9 Å². The van der Waals surface area contributed by atoms with Gasteiger partial charge in [0.15, 0.2) is 0 Å². The van der Waals surface area contributed by atoms with Crippen LogP contribution in [-0.2, 0) is 15.2 Å². The highest BCUT2D eigenvalue weighted by atomic mass is 32.2. The van der Waals surface area contributed by atoms with Crippen molar-refractivity contribution in [2.75, 3.05) is 6.26 Å². The second-order valence-corrected chi connectivity index (χ2v) is 11.9. The molecule has 34 heavy (non-hydrogen) atoms. The van der Waals surface area contributed by atoms with Crippen LogP contribution in [0.3, 0.4) is 0 Å². The van der Waals surface area contributed by atoms with Crippen LogP contribution in [0.1, 0.15) is 55.6 Å². The lowest BCUT2D eigenvalue weighted by atomic mass is 9.76. The predicted octanol–water partition coefficient (Wildman–Crippen LogP) is 3.29. The van der Waals surface area contributed by atoms with E-state index in [0.29, 0.717) is 11.7 Å². The number of aromatic nitrogens is 2. The molecule has 6 nitrogen and oxygen atoms in total. The van der Waals surface area contributed by atoms with Crippen molar-refractivity contribution in [3.63, 3.8) is 0 Å². The molecule has 8 heteroatoms.